The molecular weight excluding hydrogens is 1260 g/mol. The molecular formula is C77H150O17P2. The third-order valence-corrected chi connectivity index (χ3v) is 20.6. The van der Waals surface area contributed by atoms with E-state index in [1.165, 1.54) is 205 Å². The second-order valence-electron chi connectivity index (χ2n) is 28.2. The molecule has 0 aliphatic heterocycles. The van der Waals surface area contributed by atoms with E-state index in [4.69, 9.17) is 37.0 Å². The highest BCUT2D eigenvalue weighted by molar-refractivity contribution is 7.47. The van der Waals surface area contributed by atoms with Crippen LogP contribution in [0.4, 0.5) is 0 Å². The Bertz CT molecular complexity index is 1860. The Kier molecular flexibility index (Phi) is 67.4. The lowest BCUT2D eigenvalue weighted by Crippen LogP contribution is -2.30. The standard InChI is InChI=1S/C77H150O17P2/c1-7-11-13-15-17-18-19-20-21-24-28-31-34-37-41-48-54-60-75(80)88-66-72(93-76(81)61-55-49-42-38-35-32-29-26-23-22-25-27-30-33-36-40-45-51-57-69(5)9-3)67-91-95(83,84)89-63-71(78)64-90-96(85,86)92-68-73(65-87-74(79)59-53-47-39-16-14-12-8-2)94-77(82)62-56-50-44-43-46-52-58-70(6)10-4/h69-73,78H,7-68H2,1-6H3,(H,83,84)(H,85,86)/t69?,70?,71-,72-,73-/m1/s1. The first-order valence-corrected chi connectivity index (χ1v) is 43.1. The minimum Gasteiger partial charge on any atom is -0.462 e. The molecule has 0 radical (unpaired) electrons. The summed E-state index contributed by atoms with van der Waals surface area (Å²) in [6, 6.07) is 0. The molecule has 0 amide bonds. The van der Waals surface area contributed by atoms with Crippen LogP contribution in [0.25, 0.3) is 0 Å². The number of phosphoric acid groups is 2. The Morgan fingerprint density at radius 3 is 0.740 bits per heavy atom. The predicted octanol–water partition coefficient (Wildman–Crippen LogP) is 22.7. The first-order valence-electron chi connectivity index (χ1n) is 40.1. The average molecular weight is 1410 g/mol. The van der Waals surface area contributed by atoms with Crippen molar-refractivity contribution in [3.8, 4) is 0 Å². The molecule has 96 heavy (non-hydrogen) atoms. The molecule has 17 nitrogen and oxygen atoms in total. The zero-order chi connectivity index (χ0) is 70.7. The molecule has 0 spiro atoms. The van der Waals surface area contributed by atoms with E-state index in [1.54, 1.807) is 0 Å². The maximum atomic E-state index is 13.1. The third kappa shape index (κ3) is 67.9. The van der Waals surface area contributed by atoms with Crippen molar-refractivity contribution in [1.29, 1.82) is 0 Å². The highest BCUT2D eigenvalue weighted by atomic mass is 31.2. The van der Waals surface area contributed by atoms with Crippen LogP contribution in [0, 0.1) is 11.8 Å². The van der Waals surface area contributed by atoms with Gasteiger partial charge in [-0.2, -0.15) is 0 Å². The number of unbranched alkanes of at least 4 members (excludes halogenated alkanes) is 44. The molecule has 0 bridgehead atoms. The van der Waals surface area contributed by atoms with Gasteiger partial charge in [-0.25, -0.2) is 9.13 Å². The number of hydrogen-bond donors (Lipinski definition) is 3. The quantitative estimate of drug-likeness (QED) is 0.0222. The molecule has 0 heterocycles. The topological polar surface area (TPSA) is 237 Å². The first-order chi connectivity index (χ1) is 46.4. The molecule has 0 rings (SSSR count). The fourth-order valence-corrected chi connectivity index (χ4v) is 13.3. The zero-order valence-electron chi connectivity index (χ0n) is 62.7. The molecule has 3 N–H and O–H groups in total. The number of hydrogen-bond acceptors (Lipinski definition) is 15. The van der Waals surface area contributed by atoms with E-state index in [1.807, 2.05) is 0 Å². The molecule has 0 saturated carbocycles. The van der Waals surface area contributed by atoms with Crippen LogP contribution in [0.2, 0.25) is 0 Å². The fourth-order valence-electron chi connectivity index (χ4n) is 11.8. The Morgan fingerprint density at radius 2 is 0.500 bits per heavy atom. The van der Waals surface area contributed by atoms with Gasteiger partial charge in [0.1, 0.15) is 19.3 Å². The van der Waals surface area contributed by atoms with Crippen molar-refractivity contribution in [3.05, 3.63) is 0 Å². The van der Waals surface area contributed by atoms with Crippen LogP contribution in [-0.2, 0) is 65.4 Å². The van der Waals surface area contributed by atoms with Crippen LogP contribution < -0.4 is 0 Å². The van der Waals surface area contributed by atoms with Gasteiger partial charge in [0.25, 0.3) is 0 Å². The van der Waals surface area contributed by atoms with Gasteiger partial charge in [0.15, 0.2) is 12.2 Å². The highest BCUT2D eigenvalue weighted by Gasteiger charge is 2.30. The van der Waals surface area contributed by atoms with Crippen molar-refractivity contribution in [3.63, 3.8) is 0 Å². The fraction of sp³-hybridized carbons (Fsp3) is 0.948. The van der Waals surface area contributed by atoms with Crippen molar-refractivity contribution < 1.29 is 80.2 Å². The van der Waals surface area contributed by atoms with E-state index in [9.17, 15) is 43.2 Å². The van der Waals surface area contributed by atoms with Crippen LogP contribution in [0.5, 0.6) is 0 Å². The van der Waals surface area contributed by atoms with Gasteiger partial charge in [-0.05, 0) is 37.5 Å². The normalized spacial score (nSPS) is 14.6. The first kappa shape index (κ1) is 94.1. The predicted molar refractivity (Wildman–Crippen MR) is 391 cm³/mol. The second kappa shape index (κ2) is 68.8. The molecule has 19 heteroatoms. The van der Waals surface area contributed by atoms with Crippen molar-refractivity contribution in [1.82, 2.24) is 0 Å². The number of rotatable bonds is 76. The number of carbonyl (C=O) groups excluding carboxylic acids is 4. The van der Waals surface area contributed by atoms with Crippen LogP contribution >= 0.6 is 15.6 Å². The SMILES string of the molecule is CCCCCCCCCCCCCCCCCCCC(=O)OC[C@H](COP(=O)(O)OC[C@@H](O)COP(=O)(O)OC[C@@H](COC(=O)CCCCCCCCC)OC(=O)CCCCCCCCC(C)CC)OC(=O)CCCCCCCCCCCCCCCCCCCCC(C)CC. The van der Waals surface area contributed by atoms with E-state index >= 15 is 0 Å². The van der Waals surface area contributed by atoms with Gasteiger partial charge in [-0.15, -0.1) is 0 Å². The summed E-state index contributed by atoms with van der Waals surface area (Å²) in [5.74, 6) is -0.531. The molecule has 7 atom stereocenters. The number of ether oxygens (including phenoxy) is 4. The van der Waals surface area contributed by atoms with Crippen molar-refractivity contribution in [2.24, 2.45) is 11.8 Å². The van der Waals surface area contributed by atoms with Gasteiger partial charge in [-0.1, -0.05) is 350 Å². The van der Waals surface area contributed by atoms with Gasteiger partial charge in [0.05, 0.1) is 26.4 Å². The summed E-state index contributed by atoms with van der Waals surface area (Å²) in [6.07, 6.45) is 57.2. The van der Waals surface area contributed by atoms with Gasteiger partial charge in [0, 0.05) is 25.7 Å². The van der Waals surface area contributed by atoms with Gasteiger partial charge in [-0.3, -0.25) is 37.3 Å². The summed E-state index contributed by atoms with van der Waals surface area (Å²) in [4.78, 5) is 72.6. The molecule has 0 aromatic heterocycles. The average Bonchev–Trinajstić information content (AvgIpc) is 2.88. The van der Waals surface area contributed by atoms with E-state index in [-0.39, 0.29) is 25.7 Å². The van der Waals surface area contributed by atoms with Gasteiger partial charge >= 0.3 is 39.5 Å². The van der Waals surface area contributed by atoms with E-state index in [2.05, 4.69) is 41.5 Å². The molecule has 0 saturated heterocycles. The Morgan fingerprint density at radius 1 is 0.292 bits per heavy atom. The van der Waals surface area contributed by atoms with Crippen LogP contribution in [0.3, 0.4) is 0 Å². The molecule has 0 aliphatic rings. The zero-order valence-corrected chi connectivity index (χ0v) is 64.5. The van der Waals surface area contributed by atoms with Crippen LogP contribution in [-0.4, -0.2) is 96.7 Å². The van der Waals surface area contributed by atoms with Gasteiger partial charge < -0.3 is 33.8 Å². The molecule has 0 aliphatic carbocycles. The lowest BCUT2D eigenvalue weighted by molar-refractivity contribution is -0.161. The summed E-state index contributed by atoms with van der Waals surface area (Å²) in [6.45, 7) is 9.57. The summed E-state index contributed by atoms with van der Waals surface area (Å²) in [5, 5.41) is 10.6. The minimum atomic E-state index is -4.96. The summed E-state index contributed by atoms with van der Waals surface area (Å²) < 4.78 is 68.4. The third-order valence-electron chi connectivity index (χ3n) is 18.7. The number of esters is 4. The molecule has 570 valence electrons. The van der Waals surface area contributed by atoms with E-state index < -0.39 is 97.5 Å². The molecule has 0 aromatic rings. The lowest BCUT2D eigenvalue weighted by atomic mass is 9.99. The van der Waals surface area contributed by atoms with Crippen molar-refractivity contribution in [2.75, 3.05) is 39.6 Å². The summed E-state index contributed by atoms with van der Waals surface area (Å²) >= 11 is 0. The Hall–Kier alpha value is -1.94. The summed E-state index contributed by atoms with van der Waals surface area (Å²) in [7, 11) is -9.90. The number of phosphoric ester groups is 2. The number of carbonyl (C=O) groups is 4. The van der Waals surface area contributed by atoms with E-state index in [0.717, 1.165) is 115 Å². The monoisotopic (exact) mass is 1410 g/mol. The molecule has 4 unspecified atom stereocenters. The smallest absolute Gasteiger partial charge is 0.462 e. The maximum absolute atomic E-state index is 13.1. The maximum Gasteiger partial charge on any atom is 0.472 e. The van der Waals surface area contributed by atoms with E-state index in [0.29, 0.717) is 25.7 Å². The number of aliphatic hydroxyl groups is 1. The number of aliphatic hydroxyl groups excluding tert-OH is 1. The Balaban J connectivity index is 5.15. The van der Waals surface area contributed by atoms with Crippen LogP contribution in [0.1, 0.15) is 401 Å². The van der Waals surface area contributed by atoms with Gasteiger partial charge in [0.2, 0.25) is 0 Å². The Labute approximate surface area is 588 Å². The minimum absolute atomic E-state index is 0.103. The lowest BCUT2D eigenvalue weighted by Gasteiger charge is -2.21. The second-order valence-corrected chi connectivity index (χ2v) is 31.1. The summed E-state index contributed by atoms with van der Waals surface area (Å²) in [5.41, 5.74) is 0. The largest absolute Gasteiger partial charge is 0.472 e. The van der Waals surface area contributed by atoms with Crippen molar-refractivity contribution >= 4 is 39.5 Å². The highest BCUT2D eigenvalue weighted by Crippen LogP contribution is 2.45. The molecule has 0 aromatic carbocycles. The molecule has 0 fully saturated rings. The van der Waals surface area contributed by atoms with Crippen LogP contribution in [0.15, 0.2) is 0 Å². The van der Waals surface area contributed by atoms with Crippen molar-refractivity contribution in [2.45, 2.75) is 419 Å².